The molecule has 1 fully saturated rings. The van der Waals surface area contributed by atoms with Crippen LogP contribution in [0.4, 0.5) is 5.13 Å². The van der Waals surface area contributed by atoms with Gasteiger partial charge in [-0.1, -0.05) is 19.1 Å². The van der Waals surface area contributed by atoms with Crippen LogP contribution in [-0.4, -0.2) is 35.5 Å². The number of hydrogen-bond donors (Lipinski definition) is 1. The van der Waals surface area contributed by atoms with E-state index < -0.39 is 0 Å². The lowest BCUT2D eigenvalue weighted by Crippen LogP contribution is -2.20. The van der Waals surface area contributed by atoms with Crippen molar-refractivity contribution in [1.82, 2.24) is 9.88 Å². The molecule has 1 saturated heterocycles. The normalized spacial score (nSPS) is 14.7. The van der Waals surface area contributed by atoms with Crippen LogP contribution < -0.4 is 10.1 Å². The minimum atomic E-state index is -0.184. The minimum absolute atomic E-state index is 0.00743. The van der Waals surface area contributed by atoms with Crippen LogP contribution in [0, 0.1) is 0 Å². The lowest BCUT2D eigenvalue weighted by Gasteiger charge is -2.11. The lowest BCUT2D eigenvalue weighted by molar-refractivity contribution is -0.118. The fourth-order valence-corrected chi connectivity index (χ4v) is 3.45. The molecule has 2 aromatic rings. The predicted octanol–water partition coefficient (Wildman–Crippen LogP) is 3.32. The van der Waals surface area contributed by atoms with E-state index in [9.17, 15) is 4.79 Å². The van der Waals surface area contributed by atoms with Crippen molar-refractivity contribution in [2.24, 2.45) is 0 Å². The third-order valence-corrected chi connectivity index (χ3v) is 4.89. The van der Waals surface area contributed by atoms with E-state index in [1.54, 1.807) is 0 Å². The first-order valence-corrected chi connectivity index (χ1v) is 9.29. The number of likely N-dealkylation sites (tertiary alicyclic amines) is 1. The monoisotopic (exact) mass is 345 g/mol. The van der Waals surface area contributed by atoms with Gasteiger partial charge in [0.1, 0.15) is 5.75 Å². The minimum Gasteiger partial charge on any atom is -0.484 e. The van der Waals surface area contributed by atoms with Crippen molar-refractivity contribution in [1.29, 1.82) is 0 Å². The highest BCUT2D eigenvalue weighted by atomic mass is 32.1. The standard InChI is InChI=1S/C18H23N3O2S/c1-2-14-5-7-16(8-6-14)23-12-17(22)20-18-19-15(13-24-18)11-21-9-3-4-10-21/h5-8,13H,2-4,9-12H2,1H3,(H,19,20,22). The number of carbonyl (C=O) groups is 1. The molecule has 1 aliphatic rings. The van der Waals surface area contributed by atoms with E-state index in [4.69, 9.17) is 4.74 Å². The van der Waals surface area contributed by atoms with Gasteiger partial charge in [0, 0.05) is 11.9 Å². The van der Waals surface area contributed by atoms with Crippen LogP contribution in [0.25, 0.3) is 0 Å². The number of carbonyl (C=O) groups excluding carboxylic acids is 1. The number of amides is 1. The van der Waals surface area contributed by atoms with E-state index in [1.165, 1.54) is 29.7 Å². The number of ether oxygens (including phenoxy) is 1. The van der Waals surface area contributed by atoms with Crippen LogP contribution in [-0.2, 0) is 17.8 Å². The van der Waals surface area contributed by atoms with E-state index in [0.29, 0.717) is 10.9 Å². The third-order valence-electron chi connectivity index (χ3n) is 4.08. The summed E-state index contributed by atoms with van der Waals surface area (Å²) in [5.74, 6) is 0.521. The highest BCUT2D eigenvalue weighted by molar-refractivity contribution is 7.13. The Balaban J connectivity index is 1.45. The number of nitrogens with one attached hydrogen (secondary N) is 1. The predicted molar refractivity (Wildman–Crippen MR) is 96.6 cm³/mol. The second kappa shape index (κ2) is 8.26. The van der Waals surface area contributed by atoms with Gasteiger partial charge >= 0.3 is 0 Å². The van der Waals surface area contributed by atoms with Gasteiger partial charge in [0.05, 0.1) is 5.69 Å². The molecule has 1 N–H and O–H groups in total. The molecule has 1 aliphatic heterocycles. The Kier molecular flexibility index (Phi) is 5.82. The van der Waals surface area contributed by atoms with E-state index in [1.807, 2.05) is 29.6 Å². The molecule has 0 bridgehead atoms. The van der Waals surface area contributed by atoms with Gasteiger partial charge in [-0.25, -0.2) is 4.98 Å². The van der Waals surface area contributed by atoms with Gasteiger partial charge in [-0.15, -0.1) is 11.3 Å². The average Bonchev–Trinajstić information content (AvgIpc) is 3.26. The Labute approximate surface area is 146 Å². The molecule has 0 aliphatic carbocycles. The zero-order chi connectivity index (χ0) is 16.8. The first-order valence-electron chi connectivity index (χ1n) is 8.41. The zero-order valence-electron chi connectivity index (χ0n) is 14.0. The van der Waals surface area contributed by atoms with Crippen molar-refractivity contribution in [2.75, 3.05) is 25.0 Å². The van der Waals surface area contributed by atoms with Crippen LogP contribution in [0.1, 0.15) is 31.0 Å². The van der Waals surface area contributed by atoms with Gasteiger partial charge in [-0.05, 0) is 50.0 Å². The highest BCUT2D eigenvalue weighted by Crippen LogP contribution is 2.19. The summed E-state index contributed by atoms with van der Waals surface area (Å²) in [5.41, 5.74) is 2.27. The molecule has 0 radical (unpaired) electrons. The number of rotatable bonds is 7. The Morgan fingerprint density at radius 3 is 2.75 bits per heavy atom. The van der Waals surface area contributed by atoms with Crippen LogP contribution in [0.15, 0.2) is 29.6 Å². The molecule has 0 atom stereocenters. The maximum Gasteiger partial charge on any atom is 0.264 e. The van der Waals surface area contributed by atoms with Crippen molar-refractivity contribution in [2.45, 2.75) is 32.7 Å². The molecule has 1 amide bonds. The number of hydrogen-bond acceptors (Lipinski definition) is 5. The summed E-state index contributed by atoms with van der Waals surface area (Å²) in [5, 5.41) is 5.46. The van der Waals surface area contributed by atoms with E-state index in [2.05, 4.69) is 22.1 Å². The molecule has 1 aromatic heterocycles. The summed E-state index contributed by atoms with van der Waals surface area (Å²) in [6.45, 7) is 5.25. The Bertz CT molecular complexity index is 663. The third kappa shape index (κ3) is 4.79. The maximum absolute atomic E-state index is 12.0. The van der Waals surface area contributed by atoms with Gasteiger partial charge in [-0.3, -0.25) is 15.0 Å². The summed E-state index contributed by atoms with van der Waals surface area (Å²) < 4.78 is 5.51. The van der Waals surface area contributed by atoms with Gasteiger partial charge in [0.25, 0.3) is 5.91 Å². The van der Waals surface area contributed by atoms with Crippen molar-refractivity contribution >= 4 is 22.4 Å². The molecule has 1 aromatic carbocycles. The van der Waals surface area contributed by atoms with Gasteiger partial charge in [0.15, 0.2) is 11.7 Å². The van der Waals surface area contributed by atoms with Crippen molar-refractivity contribution in [3.05, 3.63) is 40.9 Å². The summed E-state index contributed by atoms with van der Waals surface area (Å²) in [7, 11) is 0. The number of benzene rings is 1. The molecule has 6 heteroatoms. The number of thiazole rings is 1. The second-order valence-corrected chi connectivity index (χ2v) is 6.82. The van der Waals surface area contributed by atoms with E-state index in [0.717, 1.165) is 31.7 Å². The SMILES string of the molecule is CCc1ccc(OCC(=O)Nc2nc(CN3CCCC3)cs2)cc1. The van der Waals surface area contributed by atoms with Crippen molar-refractivity contribution in [3.63, 3.8) is 0 Å². The fourth-order valence-electron chi connectivity index (χ4n) is 2.73. The van der Waals surface area contributed by atoms with Crippen LogP contribution in [0.2, 0.25) is 0 Å². The smallest absolute Gasteiger partial charge is 0.264 e. The molecule has 128 valence electrons. The lowest BCUT2D eigenvalue weighted by atomic mass is 10.2. The van der Waals surface area contributed by atoms with E-state index >= 15 is 0 Å². The highest BCUT2D eigenvalue weighted by Gasteiger charge is 2.14. The molecule has 3 rings (SSSR count). The second-order valence-electron chi connectivity index (χ2n) is 5.96. The molecule has 0 saturated carbocycles. The first-order chi connectivity index (χ1) is 11.7. The molecule has 2 heterocycles. The first kappa shape index (κ1) is 16.9. The van der Waals surface area contributed by atoms with Gasteiger partial charge < -0.3 is 4.74 Å². The molecular weight excluding hydrogens is 322 g/mol. The Morgan fingerprint density at radius 1 is 1.29 bits per heavy atom. The number of aryl methyl sites for hydroxylation is 1. The number of anilines is 1. The Morgan fingerprint density at radius 2 is 2.04 bits per heavy atom. The van der Waals surface area contributed by atoms with Gasteiger partial charge in [-0.2, -0.15) is 0 Å². The molecule has 24 heavy (non-hydrogen) atoms. The quantitative estimate of drug-likeness (QED) is 0.836. The molecule has 5 nitrogen and oxygen atoms in total. The topological polar surface area (TPSA) is 54.5 Å². The molecular formula is C18H23N3O2S. The molecule has 0 unspecified atom stereocenters. The maximum atomic E-state index is 12.0. The fraction of sp³-hybridized carbons (Fsp3) is 0.444. The van der Waals surface area contributed by atoms with Crippen LogP contribution in [0.3, 0.4) is 0 Å². The summed E-state index contributed by atoms with van der Waals surface area (Å²) in [6, 6.07) is 7.81. The van der Waals surface area contributed by atoms with Crippen molar-refractivity contribution in [3.8, 4) is 5.75 Å². The number of nitrogens with zero attached hydrogens (tertiary/aromatic N) is 2. The van der Waals surface area contributed by atoms with Crippen LogP contribution in [0.5, 0.6) is 5.75 Å². The summed E-state index contributed by atoms with van der Waals surface area (Å²) in [6.07, 6.45) is 3.53. The van der Waals surface area contributed by atoms with Crippen LogP contribution >= 0.6 is 11.3 Å². The average molecular weight is 345 g/mol. The van der Waals surface area contributed by atoms with Gasteiger partial charge in [0.2, 0.25) is 0 Å². The molecule has 0 spiro atoms. The largest absolute Gasteiger partial charge is 0.484 e. The summed E-state index contributed by atoms with van der Waals surface area (Å²) in [4.78, 5) is 18.9. The summed E-state index contributed by atoms with van der Waals surface area (Å²) >= 11 is 1.46. The Hall–Kier alpha value is -1.92. The van der Waals surface area contributed by atoms with E-state index in [-0.39, 0.29) is 12.5 Å². The van der Waals surface area contributed by atoms with Crippen molar-refractivity contribution < 1.29 is 9.53 Å². The number of aromatic nitrogens is 1. The zero-order valence-corrected chi connectivity index (χ0v) is 14.8.